The van der Waals surface area contributed by atoms with E-state index in [0.717, 1.165) is 18.8 Å². The molecule has 0 heterocycles. The Hall–Kier alpha value is -0.860. The predicted molar refractivity (Wildman–Crippen MR) is 64.0 cm³/mol. The lowest BCUT2D eigenvalue weighted by Gasteiger charge is -2.30. The first-order chi connectivity index (χ1) is 7.34. The van der Waals surface area contributed by atoms with Gasteiger partial charge in [0.15, 0.2) is 0 Å². The first-order valence-corrected chi connectivity index (χ1v) is 6.16. The summed E-state index contributed by atoms with van der Waals surface area (Å²) in [6.45, 7) is 7.10. The van der Waals surface area contributed by atoms with Crippen LogP contribution in [0, 0.1) is 11.3 Å². The Labute approximate surface area is 98.0 Å². The van der Waals surface area contributed by atoms with Crippen molar-refractivity contribution < 1.29 is 9.59 Å². The van der Waals surface area contributed by atoms with E-state index in [2.05, 4.69) is 12.2 Å². The Bertz CT molecular complexity index is 276. The van der Waals surface area contributed by atoms with Gasteiger partial charge in [-0.2, -0.15) is 0 Å². The van der Waals surface area contributed by atoms with Crippen LogP contribution in [0.15, 0.2) is 0 Å². The highest BCUT2D eigenvalue weighted by atomic mass is 16.2. The quantitative estimate of drug-likeness (QED) is 0.749. The Kier molecular flexibility index (Phi) is 4.11. The van der Waals surface area contributed by atoms with Gasteiger partial charge in [-0.1, -0.05) is 6.92 Å². The molecule has 0 radical (unpaired) electrons. The standard InChI is InChI=1S/C13H23NO2/c1-9-5-7-11(8-6-9)14-12(16)13(3,4)10(2)15/h9,11H,5-8H2,1-4H3,(H,14,16). The molecule has 3 heteroatoms. The first-order valence-electron chi connectivity index (χ1n) is 6.16. The Morgan fingerprint density at radius 1 is 1.12 bits per heavy atom. The third-order valence-corrected chi connectivity index (χ3v) is 3.80. The van der Waals surface area contributed by atoms with Crippen LogP contribution in [-0.2, 0) is 9.59 Å². The molecule has 1 amide bonds. The maximum Gasteiger partial charge on any atom is 0.233 e. The SMILES string of the molecule is CC(=O)C(C)(C)C(=O)NC1CCC(C)CC1. The van der Waals surface area contributed by atoms with Crippen molar-refractivity contribution in [1.82, 2.24) is 5.32 Å². The van der Waals surface area contributed by atoms with Crippen molar-refractivity contribution in [2.24, 2.45) is 11.3 Å². The topological polar surface area (TPSA) is 46.2 Å². The maximum atomic E-state index is 11.9. The van der Waals surface area contributed by atoms with E-state index in [1.54, 1.807) is 13.8 Å². The molecule has 1 N–H and O–H groups in total. The minimum absolute atomic E-state index is 0.0748. The predicted octanol–water partition coefficient (Wildman–Crippen LogP) is 2.30. The fraction of sp³-hybridized carbons (Fsp3) is 0.846. The highest BCUT2D eigenvalue weighted by molar-refractivity contribution is 6.04. The molecule has 0 spiro atoms. The van der Waals surface area contributed by atoms with Crippen molar-refractivity contribution in [2.75, 3.05) is 0 Å². The van der Waals surface area contributed by atoms with Gasteiger partial charge >= 0.3 is 0 Å². The van der Waals surface area contributed by atoms with Crippen molar-refractivity contribution in [3.8, 4) is 0 Å². The summed E-state index contributed by atoms with van der Waals surface area (Å²) < 4.78 is 0. The van der Waals surface area contributed by atoms with E-state index in [9.17, 15) is 9.59 Å². The largest absolute Gasteiger partial charge is 0.353 e. The van der Waals surface area contributed by atoms with Crippen molar-refractivity contribution in [3.63, 3.8) is 0 Å². The van der Waals surface area contributed by atoms with E-state index in [1.165, 1.54) is 19.8 Å². The van der Waals surface area contributed by atoms with Crippen LogP contribution in [0.3, 0.4) is 0 Å². The number of hydrogen-bond acceptors (Lipinski definition) is 2. The molecule has 1 aliphatic rings. The smallest absolute Gasteiger partial charge is 0.233 e. The molecule has 16 heavy (non-hydrogen) atoms. The second-order valence-corrected chi connectivity index (χ2v) is 5.61. The number of carbonyl (C=O) groups is 2. The van der Waals surface area contributed by atoms with Gasteiger partial charge in [-0.25, -0.2) is 0 Å². The molecule has 1 saturated carbocycles. The number of carbonyl (C=O) groups excluding carboxylic acids is 2. The number of rotatable bonds is 3. The number of ketones is 1. The number of hydrogen-bond donors (Lipinski definition) is 1. The highest BCUT2D eigenvalue weighted by Gasteiger charge is 2.34. The molecule has 0 bridgehead atoms. The van der Waals surface area contributed by atoms with Crippen LogP contribution in [0.2, 0.25) is 0 Å². The van der Waals surface area contributed by atoms with Crippen LogP contribution in [-0.4, -0.2) is 17.7 Å². The van der Waals surface area contributed by atoms with E-state index in [1.807, 2.05) is 0 Å². The molecule has 0 unspecified atom stereocenters. The molecule has 1 fully saturated rings. The normalized spacial score (nSPS) is 26.2. The minimum atomic E-state index is -0.886. The van der Waals surface area contributed by atoms with Gasteiger partial charge in [0.05, 0.1) is 0 Å². The number of nitrogens with one attached hydrogen (secondary N) is 1. The Morgan fingerprint density at radius 3 is 2.06 bits per heavy atom. The van der Waals surface area contributed by atoms with Crippen LogP contribution in [0.4, 0.5) is 0 Å². The van der Waals surface area contributed by atoms with E-state index in [0.29, 0.717) is 0 Å². The van der Waals surface area contributed by atoms with E-state index < -0.39 is 5.41 Å². The first kappa shape index (κ1) is 13.2. The van der Waals surface area contributed by atoms with E-state index >= 15 is 0 Å². The Morgan fingerprint density at radius 2 is 1.62 bits per heavy atom. The lowest BCUT2D eigenvalue weighted by molar-refractivity contribution is -0.139. The molecule has 3 nitrogen and oxygen atoms in total. The molecule has 0 aliphatic heterocycles. The summed E-state index contributed by atoms with van der Waals surface area (Å²) in [7, 11) is 0. The van der Waals surface area contributed by atoms with Crippen LogP contribution < -0.4 is 5.32 Å². The summed E-state index contributed by atoms with van der Waals surface area (Å²) in [5.41, 5.74) is -0.886. The molecule has 1 aliphatic carbocycles. The van der Waals surface area contributed by atoms with Crippen LogP contribution in [0.25, 0.3) is 0 Å². The van der Waals surface area contributed by atoms with Gasteiger partial charge in [0.25, 0.3) is 0 Å². The minimum Gasteiger partial charge on any atom is -0.353 e. The van der Waals surface area contributed by atoms with Gasteiger partial charge in [-0.3, -0.25) is 9.59 Å². The van der Waals surface area contributed by atoms with Gasteiger partial charge in [-0.05, 0) is 52.4 Å². The van der Waals surface area contributed by atoms with Crippen LogP contribution >= 0.6 is 0 Å². The lowest BCUT2D eigenvalue weighted by Crippen LogP contribution is -2.46. The molecule has 0 saturated heterocycles. The summed E-state index contributed by atoms with van der Waals surface area (Å²) in [6, 6.07) is 0.266. The average Bonchev–Trinajstić information content (AvgIpc) is 2.21. The molecule has 92 valence electrons. The van der Waals surface area contributed by atoms with Gasteiger partial charge in [0.2, 0.25) is 5.91 Å². The molecular formula is C13H23NO2. The van der Waals surface area contributed by atoms with Crippen LogP contribution in [0.5, 0.6) is 0 Å². The summed E-state index contributed by atoms with van der Waals surface area (Å²) >= 11 is 0. The average molecular weight is 225 g/mol. The summed E-state index contributed by atoms with van der Waals surface area (Å²) in [6.07, 6.45) is 4.43. The summed E-state index contributed by atoms with van der Waals surface area (Å²) in [5, 5.41) is 3.00. The maximum absolute atomic E-state index is 11.9. The second kappa shape index (κ2) is 4.98. The monoisotopic (exact) mass is 225 g/mol. The number of amides is 1. The second-order valence-electron chi connectivity index (χ2n) is 5.61. The molecule has 0 atom stereocenters. The van der Waals surface area contributed by atoms with Crippen molar-refractivity contribution in [3.05, 3.63) is 0 Å². The lowest BCUT2D eigenvalue weighted by atomic mass is 9.84. The molecular weight excluding hydrogens is 202 g/mol. The zero-order chi connectivity index (χ0) is 12.3. The highest BCUT2D eigenvalue weighted by Crippen LogP contribution is 2.25. The van der Waals surface area contributed by atoms with Crippen molar-refractivity contribution in [2.45, 2.75) is 59.4 Å². The van der Waals surface area contributed by atoms with Gasteiger partial charge in [0.1, 0.15) is 11.2 Å². The third kappa shape index (κ3) is 3.06. The summed E-state index contributed by atoms with van der Waals surface area (Å²) in [5.74, 6) is 0.572. The fourth-order valence-corrected chi connectivity index (χ4v) is 1.93. The number of Topliss-reactive ketones (excluding diaryl/α,β-unsaturated/α-hetero) is 1. The van der Waals surface area contributed by atoms with Gasteiger partial charge in [0, 0.05) is 6.04 Å². The van der Waals surface area contributed by atoms with Crippen molar-refractivity contribution >= 4 is 11.7 Å². The van der Waals surface area contributed by atoms with Gasteiger partial charge < -0.3 is 5.32 Å². The zero-order valence-electron chi connectivity index (χ0n) is 10.8. The Balaban J connectivity index is 2.49. The molecule has 1 rings (SSSR count). The van der Waals surface area contributed by atoms with Gasteiger partial charge in [-0.15, -0.1) is 0 Å². The molecule has 0 aromatic carbocycles. The van der Waals surface area contributed by atoms with Crippen LogP contribution in [0.1, 0.15) is 53.4 Å². The van der Waals surface area contributed by atoms with Crippen molar-refractivity contribution in [1.29, 1.82) is 0 Å². The fourth-order valence-electron chi connectivity index (χ4n) is 1.93. The zero-order valence-corrected chi connectivity index (χ0v) is 10.8. The molecule has 0 aromatic rings. The molecule has 0 aromatic heterocycles. The van der Waals surface area contributed by atoms with E-state index in [4.69, 9.17) is 0 Å². The van der Waals surface area contributed by atoms with E-state index in [-0.39, 0.29) is 17.7 Å². The summed E-state index contributed by atoms with van der Waals surface area (Å²) in [4.78, 5) is 23.3. The third-order valence-electron chi connectivity index (χ3n) is 3.80.